The Morgan fingerprint density at radius 2 is 1.85 bits per heavy atom. The zero-order valence-electron chi connectivity index (χ0n) is 18.3. The van der Waals surface area contributed by atoms with Crippen LogP contribution in [0.4, 0.5) is 5.69 Å². The number of aliphatic hydroxyl groups is 1. The minimum absolute atomic E-state index is 0.115. The number of aliphatic hydroxyl groups excluding tert-OH is 1. The summed E-state index contributed by atoms with van der Waals surface area (Å²) in [6.45, 7) is 0.832. The summed E-state index contributed by atoms with van der Waals surface area (Å²) in [5.41, 5.74) is -0.592. The van der Waals surface area contributed by atoms with E-state index >= 15 is 0 Å². The zero-order chi connectivity index (χ0) is 23.3. The molecule has 0 radical (unpaired) electrons. The lowest BCUT2D eigenvalue weighted by Crippen LogP contribution is -2.55. The number of halogens is 1. The third kappa shape index (κ3) is 3.31. The molecular formula is C24H26ClN3O5. The van der Waals surface area contributed by atoms with E-state index in [1.165, 1.54) is 4.90 Å². The maximum Gasteiger partial charge on any atom is 0.253 e. The summed E-state index contributed by atoms with van der Waals surface area (Å²) < 4.78 is 6.50. The van der Waals surface area contributed by atoms with Crippen LogP contribution in [0.3, 0.4) is 0 Å². The average Bonchev–Trinajstić information content (AvgIpc) is 3.12. The molecule has 8 nitrogen and oxygen atoms in total. The largest absolute Gasteiger partial charge is 0.396 e. The lowest BCUT2D eigenvalue weighted by Gasteiger charge is -2.35. The van der Waals surface area contributed by atoms with E-state index in [1.54, 1.807) is 41.1 Å². The Bertz CT molecular complexity index is 1040. The van der Waals surface area contributed by atoms with E-state index in [9.17, 15) is 19.5 Å². The van der Waals surface area contributed by atoms with Crippen LogP contribution >= 0.6 is 11.6 Å². The predicted octanol–water partition coefficient (Wildman–Crippen LogP) is 1.23. The molecule has 4 heterocycles. The molecule has 5 atom stereocenters. The van der Waals surface area contributed by atoms with E-state index in [0.29, 0.717) is 30.2 Å². The maximum atomic E-state index is 14.0. The summed E-state index contributed by atoms with van der Waals surface area (Å²) in [5.74, 6) is -2.24. The molecule has 2 fully saturated rings. The summed E-state index contributed by atoms with van der Waals surface area (Å²) in [4.78, 5) is 45.7. The minimum atomic E-state index is -1.25. The van der Waals surface area contributed by atoms with Crippen molar-refractivity contribution in [2.24, 2.45) is 11.8 Å². The normalized spacial score (nSPS) is 33.2. The van der Waals surface area contributed by atoms with E-state index in [0.717, 1.165) is 0 Å². The van der Waals surface area contributed by atoms with Crippen molar-refractivity contribution in [3.05, 3.63) is 53.6 Å². The number of ether oxygens (including phenoxy) is 1. The number of carbonyl (C=O) groups excluding carboxylic acids is 3. The molecule has 4 aliphatic rings. The lowest BCUT2D eigenvalue weighted by molar-refractivity contribution is -0.143. The van der Waals surface area contributed by atoms with Gasteiger partial charge in [0.25, 0.3) is 5.91 Å². The zero-order valence-corrected chi connectivity index (χ0v) is 19.0. The summed E-state index contributed by atoms with van der Waals surface area (Å²) >= 11 is 6.03. The minimum Gasteiger partial charge on any atom is -0.396 e. The molecule has 1 aromatic rings. The van der Waals surface area contributed by atoms with E-state index in [1.807, 2.05) is 24.3 Å². The van der Waals surface area contributed by atoms with Crippen LogP contribution in [0.1, 0.15) is 6.42 Å². The monoisotopic (exact) mass is 471 g/mol. The first-order valence-corrected chi connectivity index (χ1v) is 11.5. The Morgan fingerprint density at radius 3 is 2.58 bits per heavy atom. The molecule has 3 amide bonds. The van der Waals surface area contributed by atoms with Crippen LogP contribution in [0, 0.1) is 11.8 Å². The third-order valence-corrected chi connectivity index (χ3v) is 7.31. The van der Waals surface area contributed by atoms with Crippen molar-refractivity contribution in [1.29, 1.82) is 0 Å². The number of carbonyl (C=O) groups is 3. The van der Waals surface area contributed by atoms with Crippen LogP contribution < -0.4 is 4.90 Å². The van der Waals surface area contributed by atoms with Crippen molar-refractivity contribution in [1.82, 2.24) is 9.80 Å². The third-order valence-electron chi connectivity index (χ3n) is 7.06. The average molecular weight is 472 g/mol. The molecule has 1 unspecified atom stereocenters. The van der Waals surface area contributed by atoms with Crippen LogP contribution in [-0.2, 0) is 19.1 Å². The van der Waals surface area contributed by atoms with Crippen LogP contribution in [0.5, 0.6) is 0 Å². The molecule has 1 spiro atoms. The van der Waals surface area contributed by atoms with Crippen molar-refractivity contribution >= 4 is 35.0 Å². The van der Waals surface area contributed by atoms with E-state index in [-0.39, 0.29) is 30.9 Å². The molecule has 174 valence electrons. The topological polar surface area (TPSA) is 90.4 Å². The number of anilines is 1. The number of hydrogen-bond acceptors (Lipinski definition) is 5. The van der Waals surface area contributed by atoms with Crippen LogP contribution in [0.15, 0.2) is 48.6 Å². The predicted molar refractivity (Wildman–Crippen MR) is 122 cm³/mol. The van der Waals surface area contributed by atoms with Gasteiger partial charge in [0.1, 0.15) is 11.6 Å². The first kappa shape index (κ1) is 22.1. The summed E-state index contributed by atoms with van der Waals surface area (Å²) in [7, 11) is 1.71. The molecule has 5 rings (SSSR count). The second-order valence-electron chi connectivity index (χ2n) is 8.93. The lowest BCUT2D eigenvalue weighted by atomic mass is 9.77. The molecule has 2 saturated heterocycles. The Kier molecular flexibility index (Phi) is 5.55. The van der Waals surface area contributed by atoms with Gasteiger partial charge in [-0.3, -0.25) is 14.4 Å². The Labute approximate surface area is 197 Å². The molecule has 0 aromatic heterocycles. The molecular weight excluding hydrogens is 446 g/mol. The molecule has 0 saturated carbocycles. The molecule has 0 bridgehead atoms. The molecule has 4 aliphatic heterocycles. The van der Waals surface area contributed by atoms with E-state index in [4.69, 9.17) is 16.3 Å². The van der Waals surface area contributed by atoms with Crippen molar-refractivity contribution < 1.29 is 24.2 Å². The molecule has 1 aromatic carbocycles. The van der Waals surface area contributed by atoms with E-state index in [2.05, 4.69) is 0 Å². The number of amides is 3. The Hall–Kier alpha value is -2.68. The van der Waals surface area contributed by atoms with Crippen molar-refractivity contribution in [2.75, 3.05) is 38.2 Å². The van der Waals surface area contributed by atoms with Crippen LogP contribution in [0.2, 0.25) is 5.02 Å². The number of benzene rings is 1. The smallest absolute Gasteiger partial charge is 0.253 e. The van der Waals surface area contributed by atoms with Gasteiger partial charge in [-0.05, 0) is 30.7 Å². The number of likely N-dealkylation sites (N-methyl/N-ethyl adjacent to an activating group) is 1. The molecule has 1 N–H and O–H groups in total. The highest BCUT2D eigenvalue weighted by Gasteiger charge is 2.71. The molecule has 0 aliphatic carbocycles. The first-order valence-electron chi connectivity index (χ1n) is 11.1. The van der Waals surface area contributed by atoms with Crippen molar-refractivity contribution in [3.8, 4) is 0 Å². The number of nitrogens with zero attached hydrogens (tertiary/aromatic N) is 3. The number of hydrogen-bond donors (Lipinski definition) is 1. The van der Waals surface area contributed by atoms with Gasteiger partial charge in [-0.15, -0.1) is 0 Å². The van der Waals surface area contributed by atoms with Gasteiger partial charge >= 0.3 is 0 Å². The first-order chi connectivity index (χ1) is 15.9. The fourth-order valence-electron chi connectivity index (χ4n) is 5.60. The Balaban J connectivity index is 1.61. The fraction of sp³-hybridized carbons (Fsp3) is 0.458. The van der Waals surface area contributed by atoms with Gasteiger partial charge in [0.15, 0.2) is 0 Å². The second kappa shape index (κ2) is 8.27. The van der Waals surface area contributed by atoms with Gasteiger partial charge in [0, 0.05) is 44.0 Å². The van der Waals surface area contributed by atoms with Gasteiger partial charge in [0.2, 0.25) is 11.8 Å². The van der Waals surface area contributed by atoms with Gasteiger partial charge in [-0.1, -0.05) is 35.9 Å². The highest BCUT2D eigenvalue weighted by molar-refractivity contribution is 6.30. The Morgan fingerprint density at radius 1 is 1.09 bits per heavy atom. The van der Waals surface area contributed by atoms with Gasteiger partial charge in [-0.25, -0.2) is 0 Å². The SMILES string of the molecule is CN1CC=C[C@H]2O[C@]34C=CCN(c5ccc(Cl)cc5)C(=O)C3N(CCCO)C(=O)[C@@H]4[C@H]2C1=O. The van der Waals surface area contributed by atoms with E-state index < -0.39 is 29.6 Å². The van der Waals surface area contributed by atoms with Crippen molar-refractivity contribution in [3.63, 3.8) is 0 Å². The molecule has 9 heteroatoms. The summed E-state index contributed by atoms with van der Waals surface area (Å²) in [5, 5.41) is 9.99. The molecule has 33 heavy (non-hydrogen) atoms. The van der Waals surface area contributed by atoms with Gasteiger partial charge in [0.05, 0.1) is 17.9 Å². The fourth-order valence-corrected chi connectivity index (χ4v) is 5.72. The maximum absolute atomic E-state index is 14.0. The standard InChI is InChI=1S/C24H26ClN3O5/c1-26-11-2-5-17-18(21(26)30)19-22(31)28(13-4-14-29)20-23(32)27(12-3-10-24(19,20)33-17)16-8-6-15(25)7-9-16/h2-3,5-10,17-20,29H,4,11-14H2,1H3/t17-,18+,19+,20?,24+/m1/s1. The number of rotatable bonds is 4. The van der Waals surface area contributed by atoms with Crippen LogP contribution in [0.25, 0.3) is 0 Å². The highest BCUT2D eigenvalue weighted by atomic mass is 35.5. The van der Waals surface area contributed by atoms with Gasteiger partial charge in [-0.2, -0.15) is 0 Å². The number of fused-ring (bicyclic) bond motifs is 2. The van der Waals surface area contributed by atoms with Crippen LogP contribution in [-0.4, -0.2) is 83.7 Å². The summed E-state index contributed by atoms with van der Waals surface area (Å²) in [6.07, 6.45) is 7.09. The highest BCUT2D eigenvalue weighted by Crippen LogP contribution is 2.53. The summed E-state index contributed by atoms with van der Waals surface area (Å²) in [6, 6.07) is 6.01. The quantitative estimate of drug-likeness (QED) is 0.667. The van der Waals surface area contributed by atoms with Gasteiger partial charge < -0.3 is 24.5 Å². The van der Waals surface area contributed by atoms with Crippen molar-refractivity contribution in [2.45, 2.75) is 24.2 Å². The number of likely N-dealkylation sites (tertiary alicyclic amines) is 1. The second-order valence-corrected chi connectivity index (χ2v) is 9.36.